The molecule has 0 aliphatic heterocycles. The Bertz CT molecular complexity index is 388. The van der Waals surface area contributed by atoms with Crippen LogP contribution in [0.2, 0.25) is 0 Å². The summed E-state index contributed by atoms with van der Waals surface area (Å²) in [7, 11) is 1.13. The molecule has 0 atom stereocenters. The molecule has 0 aromatic heterocycles. The summed E-state index contributed by atoms with van der Waals surface area (Å²) in [5.41, 5.74) is -0.809. The Kier molecular flexibility index (Phi) is 3.34. The fourth-order valence-corrected chi connectivity index (χ4v) is 1.22. The van der Waals surface area contributed by atoms with Gasteiger partial charge < -0.3 is 4.74 Å². The topological polar surface area (TPSA) is 26.3 Å². The lowest BCUT2D eigenvalue weighted by Crippen LogP contribution is -2.03. The molecule has 2 nitrogen and oxygen atoms in total. The van der Waals surface area contributed by atoms with Crippen LogP contribution in [0.3, 0.4) is 0 Å². The van der Waals surface area contributed by atoms with Crippen LogP contribution in [0, 0.1) is 5.82 Å². The summed E-state index contributed by atoms with van der Waals surface area (Å²) in [5, 5.41) is 0. The highest BCUT2D eigenvalue weighted by atomic mass is 19.3. The highest BCUT2D eigenvalue weighted by Crippen LogP contribution is 2.31. The average molecular weight is 218 g/mol. The molecule has 0 unspecified atom stereocenters. The van der Waals surface area contributed by atoms with Crippen LogP contribution in [0.15, 0.2) is 12.1 Å². The number of halogens is 3. The van der Waals surface area contributed by atoms with Crippen LogP contribution in [-0.4, -0.2) is 12.9 Å². The highest BCUT2D eigenvalue weighted by Gasteiger charge is 2.21. The van der Waals surface area contributed by atoms with Gasteiger partial charge in [-0.1, -0.05) is 0 Å². The van der Waals surface area contributed by atoms with Crippen molar-refractivity contribution in [2.24, 2.45) is 0 Å². The Morgan fingerprint density at radius 2 is 2.00 bits per heavy atom. The van der Waals surface area contributed by atoms with Gasteiger partial charge in [-0.2, -0.15) is 0 Å². The van der Waals surface area contributed by atoms with Crippen molar-refractivity contribution >= 4 is 5.78 Å². The molecule has 0 N–H and O–H groups in total. The summed E-state index contributed by atoms with van der Waals surface area (Å²) in [4.78, 5) is 11.0. The molecule has 0 saturated carbocycles. The molecule has 1 aromatic carbocycles. The lowest BCUT2D eigenvalue weighted by Gasteiger charge is -2.10. The van der Waals surface area contributed by atoms with Gasteiger partial charge in [-0.05, 0) is 19.1 Å². The molecule has 0 aliphatic rings. The Hall–Kier alpha value is -1.52. The zero-order chi connectivity index (χ0) is 11.6. The number of benzene rings is 1. The van der Waals surface area contributed by atoms with Crippen molar-refractivity contribution in [1.82, 2.24) is 0 Å². The monoisotopic (exact) mass is 218 g/mol. The van der Waals surface area contributed by atoms with E-state index >= 15 is 0 Å². The van der Waals surface area contributed by atoms with Gasteiger partial charge in [0.05, 0.1) is 18.2 Å². The van der Waals surface area contributed by atoms with Crippen molar-refractivity contribution in [2.45, 2.75) is 13.3 Å². The number of carbonyl (C=O) groups excluding carboxylic acids is 1. The van der Waals surface area contributed by atoms with E-state index in [0.717, 1.165) is 19.2 Å². The standard InChI is InChI=1S/C10H9F3O2/c1-5(14)6-3-4-7(10(12)13)8(11)9(6)15-2/h3-4,10H,1-2H3. The molecule has 0 spiro atoms. The summed E-state index contributed by atoms with van der Waals surface area (Å²) in [6.45, 7) is 1.21. The SMILES string of the molecule is COc1c(C(C)=O)ccc(C(F)F)c1F. The van der Waals surface area contributed by atoms with E-state index in [1.54, 1.807) is 0 Å². The lowest BCUT2D eigenvalue weighted by atomic mass is 10.1. The Morgan fingerprint density at radius 1 is 1.40 bits per heavy atom. The van der Waals surface area contributed by atoms with Gasteiger partial charge >= 0.3 is 0 Å². The fourth-order valence-electron chi connectivity index (χ4n) is 1.22. The van der Waals surface area contributed by atoms with Crippen molar-refractivity contribution in [3.8, 4) is 5.75 Å². The first-order chi connectivity index (χ1) is 6.99. The Labute approximate surface area is 84.7 Å². The maximum atomic E-state index is 13.4. The zero-order valence-electron chi connectivity index (χ0n) is 8.18. The number of alkyl halides is 2. The van der Waals surface area contributed by atoms with Crippen LogP contribution in [0.1, 0.15) is 29.3 Å². The second kappa shape index (κ2) is 4.33. The summed E-state index contributed by atoms with van der Waals surface area (Å²) in [6.07, 6.45) is -2.93. The van der Waals surface area contributed by atoms with E-state index in [1.165, 1.54) is 6.92 Å². The number of hydrogen-bond acceptors (Lipinski definition) is 2. The molecule has 0 radical (unpaired) electrons. The molecule has 1 aromatic rings. The smallest absolute Gasteiger partial charge is 0.266 e. The molecular formula is C10H9F3O2. The molecule has 0 bridgehead atoms. The molecule has 0 heterocycles. The second-order valence-electron chi connectivity index (χ2n) is 2.91. The molecule has 5 heteroatoms. The highest BCUT2D eigenvalue weighted by molar-refractivity contribution is 5.97. The van der Waals surface area contributed by atoms with Crippen molar-refractivity contribution in [2.75, 3.05) is 7.11 Å². The van der Waals surface area contributed by atoms with E-state index in [-0.39, 0.29) is 5.56 Å². The van der Waals surface area contributed by atoms with Gasteiger partial charge in [-0.15, -0.1) is 0 Å². The average Bonchev–Trinajstić information content (AvgIpc) is 2.16. The minimum Gasteiger partial charge on any atom is -0.493 e. The van der Waals surface area contributed by atoms with Crippen LogP contribution >= 0.6 is 0 Å². The number of Topliss-reactive ketones (excluding diaryl/α,β-unsaturated/α-hetero) is 1. The molecule has 0 fully saturated rings. The zero-order valence-corrected chi connectivity index (χ0v) is 8.18. The van der Waals surface area contributed by atoms with Gasteiger partial charge in [0.15, 0.2) is 17.3 Å². The Morgan fingerprint density at radius 3 is 2.40 bits per heavy atom. The number of ketones is 1. The van der Waals surface area contributed by atoms with Gasteiger partial charge in [0.1, 0.15) is 0 Å². The predicted molar refractivity (Wildman–Crippen MR) is 47.9 cm³/mol. The van der Waals surface area contributed by atoms with E-state index in [0.29, 0.717) is 0 Å². The molecule has 82 valence electrons. The minimum atomic E-state index is -2.93. The first kappa shape index (κ1) is 11.6. The third-order valence-electron chi connectivity index (χ3n) is 1.95. The molecule has 15 heavy (non-hydrogen) atoms. The van der Waals surface area contributed by atoms with Gasteiger partial charge in [-0.3, -0.25) is 4.79 Å². The number of rotatable bonds is 3. The number of ether oxygens (including phenoxy) is 1. The normalized spacial score (nSPS) is 10.5. The predicted octanol–water partition coefficient (Wildman–Crippen LogP) is 2.97. The number of carbonyl (C=O) groups is 1. The summed E-state index contributed by atoms with van der Waals surface area (Å²) >= 11 is 0. The van der Waals surface area contributed by atoms with Crippen LogP contribution in [-0.2, 0) is 0 Å². The van der Waals surface area contributed by atoms with Crippen LogP contribution in [0.5, 0.6) is 5.75 Å². The maximum Gasteiger partial charge on any atom is 0.266 e. The molecule has 0 aliphatic carbocycles. The van der Waals surface area contributed by atoms with E-state index in [4.69, 9.17) is 0 Å². The number of hydrogen-bond donors (Lipinski definition) is 0. The summed E-state index contributed by atoms with van der Waals surface area (Å²) < 4.78 is 42.6. The molecule has 0 saturated heterocycles. The van der Waals surface area contributed by atoms with Gasteiger partial charge in [0.25, 0.3) is 6.43 Å². The van der Waals surface area contributed by atoms with Gasteiger partial charge in [-0.25, -0.2) is 13.2 Å². The summed E-state index contributed by atoms with van der Waals surface area (Å²) in [6, 6.07) is 2.02. The van der Waals surface area contributed by atoms with Crippen molar-refractivity contribution < 1.29 is 22.7 Å². The lowest BCUT2D eigenvalue weighted by molar-refractivity contribution is 0.101. The first-order valence-corrected chi connectivity index (χ1v) is 4.14. The van der Waals surface area contributed by atoms with Gasteiger partial charge in [0, 0.05) is 0 Å². The van der Waals surface area contributed by atoms with E-state index < -0.39 is 29.3 Å². The van der Waals surface area contributed by atoms with Crippen molar-refractivity contribution in [3.63, 3.8) is 0 Å². The second-order valence-corrected chi connectivity index (χ2v) is 2.91. The number of methoxy groups -OCH3 is 1. The maximum absolute atomic E-state index is 13.4. The van der Waals surface area contributed by atoms with Crippen molar-refractivity contribution in [1.29, 1.82) is 0 Å². The Balaban J connectivity index is 3.39. The molecule has 1 rings (SSSR count). The third kappa shape index (κ3) is 2.11. The fraction of sp³-hybridized carbons (Fsp3) is 0.300. The molecule has 0 amide bonds. The van der Waals surface area contributed by atoms with Gasteiger partial charge in [0.2, 0.25) is 0 Å². The van der Waals surface area contributed by atoms with Crippen LogP contribution < -0.4 is 4.74 Å². The quantitative estimate of drug-likeness (QED) is 0.729. The summed E-state index contributed by atoms with van der Waals surface area (Å²) in [5.74, 6) is -2.05. The third-order valence-corrected chi connectivity index (χ3v) is 1.95. The van der Waals surface area contributed by atoms with Crippen LogP contribution in [0.25, 0.3) is 0 Å². The van der Waals surface area contributed by atoms with Crippen LogP contribution in [0.4, 0.5) is 13.2 Å². The largest absolute Gasteiger partial charge is 0.493 e. The van der Waals surface area contributed by atoms with E-state index in [1.807, 2.05) is 0 Å². The van der Waals surface area contributed by atoms with Crippen molar-refractivity contribution in [3.05, 3.63) is 29.1 Å². The van der Waals surface area contributed by atoms with E-state index in [9.17, 15) is 18.0 Å². The minimum absolute atomic E-state index is 0.0422. The first-order valence-electron chi connectivity index (χ1n) is 4.14. The van der Waals surface area contributed by atoms with E-state index in [2.05, 4.69) is 4.74 Å². The molecular weight excluding hydrogens is 209 g/mol.